The number of rotatable bonds is 3. The maximum atomic E-state index is 11.9. The average molecular weight is 221 g/mol. The van der Waals surface area contributed by atoms with E-state index < -0.39 is 24.5 Å². The number of alkyl halides is 3. The highest BCUT2D eigenvalue weighted by molar-refractivity contribution is 5.91. The molecule has 1 amide bonds. The fraction of sp³-hybridized carbons (Fsp3) is 0.444. The number of halogens is 3. The second-order valence-electron chi connectivity index (χ2n) is 3.17. The third-order valence-corrected chi connectivity index (χ3v) is 1.66. The topological polar surface area (TPSA) is 42.2 Å². The molecule has 0 bridgehead atoms. The van der Waals surface area contributed by atoms with Gasteiger partial charge in [0, 0.05) is 6.04 Å². The summed E-state index contributed by atoms with van der Waals surface area (Å²) in [5, 5.41) is 2.19. The van der Waals surface area contributed by atoms with E-state index in [-0.39, 0.29) is 5.76 Å². The van der Waals surface area contributed by atoms with Gasteiger partial charge in [-0.3, -0.25) is 4.79 Å². The molecule has 0 fully saturated rings. The fourth-order valence-corrected chi connectivity index (χ4v) is 1.10. The first kappa shape index (κ1) is 11.6. The maximum Gasteiger partial charge on any atom is 0.391 e. The van der Waals surface area contributed by atoms with E-state index in [1.807, 2.05) is 0 Å². The monoisotopic (exact) mass is 221 g/mol. The molecule has 0 aliphatic heterocycles. The summed E-state index contributed by atoms with van der Waals surface area (Å²) in [4.78, 5) is 11.2. The minimum atomic E-state index is -4.28. The van der Waals surface area contributed by atoms with Gasteiger partial charge in [-0.05, 0) is 19.1 Å². The summed E-state index contributed by atoms with van der Waals surface area (Å²) >= 11 is 0. The molecule has 0 saturated carbocycles. The predicted octanol–water partition coefficient (Wildman–Crippen LogP) is 2.35. The summed E-state index contributed by atoms with van der Waals surface area (Å²) < 4.78 is 40.5. The lowest BCUT2D eigenvalue weighted by molar-refractivity contribution is -0.138. The van der Waals surface area contributed by atoms with E-state index >= 15 is 0 Å². The zero-order valence-electron chi connectivity index (χ0n) is 7.97. The van der Waals surface area contributed by atoms with Crippen molar-refractivity contribution in [1.29, 1.82) is 0 Å². The lowest BCUT2D eigenvalue weighted by atomic mass is 10.2. The van der Waals surface area contributed by atoms with E-state index in [0.29, 0.717) is 0 Å². The molecule has 3 nitrogen and oxygen atoms in total. The highest BCUT2D eigenvalue weighted by Gasteiger charge is 2.30. The summed E-state index contributed by atoms with van der Waals surface area (Å²) in [5.41, 5.74) is 0. The van der Waals surface area contributed by atoms with Crippen LogP contribution in [0.25, 0.3) is 0 Å². The Morgan fingerprint density at radius 3 is 2.73 bits per heavy atom. The van der Waals surface area contributed by atoms with E-state index in [0.717, 1.165) is 0 Å². The number of nitrogens with one attached hydrogen (secondary N) is 1. The first-order valence-corrected chi connectivity index (χ1v) is 4.29. The second kappa shape index (κ2) is 4.37. The minimum absolute atomic E-state index is 0.00373. The molecule has 1 N–H and O–H groups in total. The van der Waals surface area contributed by atoms with Crippen LogP contribution >= 0.6 is 0 Å². The van der Waals surface area contributed by atoms with Crippen LogP contribution in [0, 0.1) is 0 Å². The summed E-state index contributed by atoms with van der Waals surface area (Å²) in [6.07, 6.45) is -4.06. The van der Waals surface area contributed by atoms with Crippen molar-refractivity contribution in [3.8, 4) is 0 Å². The van der Waals surface area contributed by atoms with Gasteiger partial charge in [0.1, 0.15) is 0 Å². The molecular weight excluding hydrogens is 211 g/mol. The van der Waals surface area contributed by atoms with E-state index in [1.54, 1.807) is 0 Å². The van der Waals surface area contributed by atoms with Crippen LogP contribution in [-0.2, 0) is 0 Å². The van der Waals surface area contributed by atoms with Crippen molar-refractivity contribution in [2.75, 3.05) is 0 Å². The smallest absolute Gasteiger partial charge is 0.391 e. The van der Waals surface area contributed by atoms with E-state index in [4.69, 9.17) is 4.42 Å². The van der Waals surface area contributed by atoms with Crippen LogP contribution in [0.5, 0.6) is 0 Å². The standard InChI is InChI=1S/C9H10F3NO2/c1-6(5-9(10,11)12)13-8(14)7-3-2-4-15-7/h2-4,6H,5H2,1H3,(H,13,14). The van der Waals surface area contributed by atoms with Crippen LogP contribution in [0.2, 0.25) is 0 Å². The summed E-state index contributed by atoms with van der Waals surface area (Å²) in [5.74, 6) is -0.638. The van der Waals surface area contributed by atoms with E-state index in [2.05, 4.69) is 5.32 Å². The van der Waals surface area contributed by atoms with Gasteiger partial charge in [0.05, 0.1) is 12.7 Å². The molecule has 1 rings (SSSR count). The Labute approximate surface area is 84.3 Å². The Bertz CT molecular complexity index is 319. The number of hydrogen-bond acceptors (Lipinski definition) is 2. The lowest BCUT2D eigenvalue weighted by Gasteiger charge is -2.14. The molecule has 0 radical (unpaired) electrons. The van der Waals surface area contributed by atoms with Gasteiger partial charge in [0.25, 0.3) is 5.91 Å². The number of hydrogen-bond donors (Lipinski definition) is 1. The van der Waals surface area contributed by atoms with Crippen molar-refractivity contribution in [2.24, 2.45) is 0 Å². The number of furan rings is 1. The summed E-state index contributed by atoms with van der Waals surface area (Å²) in [7, 11) is 0. The summed E-state index contributed by atoms with van der Waals surface area (Å²) in [6, 6.07) is 1.90. The lowest BCUT2D eigenvalue weighted by Crippen LogP contribution is -2.35. The normalized spacial score (nSPS) is 13.6. The third kappa shape index (κ3) is 4.05. The predicted molar refractivity (Wildman–Crippen MR) is 46.3 cm³/mol. The van der Waals surface area contributed by atoms with Crippen LogP contribution in [0.4, 0.5) is 13.2 Å². The molecule has 1 atom stereocenters. The Morgan fingerprint density at radius 2 is 2.27 bits per heavy atom. The largest absolute Gasteiger partial charge is 0.459 e. The molecule has 1 unspecified atom stereocenters. The number of carbonyl (C=O) groups is 1. The molecular formula is C9H10F3NO2. The highest BCUT2D eigenvalue weighted by Crippen LogP contribution is 2.21. The van der Waals surface area contributed by atoms with Gasteiger partial charge in [-0.15, -0.1) is 0 Å². The molecule has 6 heteroatoms. The Hall–Kier alpha value is -1.46. The first-order valence-electron chi connectivity index (χ1n) is 4.29. The van der Waals surface area contributed by atoms with Gasteiger partial charge >= 0.3 is 6.18 Å². The maximum absolute atomic E-state index is 11.9. The van der Waals surface area contributed by atoms with E-state index in [1.165, 1.54) is 25.3 Å². The molecule has 0 saturated heterocycles. The molecule has 1 aromatic heterocycles. The van der Waals surface area contributed by atoms with Gasteiger partial charge in [-0.1, -0.05) is 0 Å². The van der Waals surface area contributed by atoms with Gasteiger partial charge < -0.3 is 9.73 Å². The van der Waals surface area contributed by atoms with Crippen molar-refractivity contribution in [2.45, 2.75) is 25.6 Å². The quantitative estimate of drug-likeness (QED) is 0.851. The van der Waals surface area contributed by atoms with E-state index in [9.17, 15) is 18.0 Å². The van der Waals surface area contributed by atoms with Crippen LogP contribution in [0.3, 0.4) is 0 Å². The molecule has 0 aliphatic rings. The molecule has 0 spiro atoms. The number of carbonyl (C=O) groups excluding carboxylic acids is 1. The zero-order chi connectivity index (χ0) is 11.5. The second-order valence-corrected chi connectivity index (χ2v) is 3.17. The van der Waals surface area contributed by atoms with Gasteiger partial charge in [-0.25, -0.2) is 0 Å². The minimum Gasteiger partial charge on any atom is -0.459 e. The Morgan fingerprint density at radius 1 is 1.60 bits per heavy atom. The van der Waals surface area contributed by atoms with Crippen LogP contribution in [0.15, 0.2) is 22.8 Å². The van der Waals surface area contributed by atoms with Crippen molar-refractivity contribution in [1.82, 2.24) is 5.32 Å². The summed E-state index contributed by atoms with van der Waals surface area (Å²) in [6.45, 7) is 1.29. The first-order chi connectivity index (χ1) is 6.88. The Balaban J connectivity index is 2.45. The van der Waals surface area contributed by atoms with Crippen LogP contribution < -0.4 is 5.32 Å². The van der Waals surface area contributed by atoms with Gasteiger partial charge in [-0.2, -0.15) is 13.2 Å². The molecule has 1 aromatic rings. The fourth-order valence-electron chi connectivity index (χ4n) is 1.10. The highest BCUT2D eigenvalue weighted by atomic mass is 19.4. The van der Waals surface area contributed by atoms with Crippen molar-refractivity contribution in [3.63, 3.8) is 0 Å². The van der Waals surface area contributed by atoms with Gasteiger partial charge in [0.2, 0.25) is 0 Å². The molecule has 84 valence electrons. The molecule has 0 aliphatic carbocycles. The number of amides is 1. The molecule has 0 aromatic carbocycles. The SMILES string of the molecule is CC(CC(F)(F)F)NC(=O)c1ccco1. The zero-order valence-corrected chi connectivity index (χ0v) is 7.97. The van der Waals surface area contributed by atoms with Crippen molar-refractivity contribution < 1.29 is 22.4 Å². The average Bonchev–Trinajstić information content (AvgIpc) is 2.50. The van der Waals surface area contributed by atoms with Crippen LogP contribution in [-0.4, -0.2) is 18.1 Å². The third-order valence-electron chi connectivity index (χ3n) is 1.66. The molecule has 1 heterocycles. The van der Waals surface area contributed by atoms with Crippen LogP contribution in [0.1, 0.15) is 23.9 Å². The van der Waals surface area contributed by atoms with Crippen molar-refractivity contribution in [3.05, 3.63) is 24.2 Å². The van der Waals surface area contributed by atoms with Crippen molar-refractivity contribution >= 4 is 5.91 Å². The molecule has 15 heavy (non-hydrogen) atoms. The Kier molecular flexibility index (Phi) is 3.39. The van der Waals surface area contributed by atoms with Gasteiger partial charge in [0.15, 0.2) is 5.76 Å².